The highest BCUT2D eigenvalue weighted by Gasteiger charge is 2.31. The van der Waals surface area contributed by atoms with Crippen LogP contribution in [0, 0.1) is 5.92 Å². The van der Waals surface area contributed by atoms with Crippen LogP contribution in [0.25, 0.3) is 0 Å². The van der Waals surface area contributed by atoms with E-state index in [0.717, 1.165) is 45.4 Å². The van der Waals surface area contributed by atoms with Gasteiger partial charge in [0.2, 0.25) is 0 Å². The van der Waals surface area contributed by atoms with E-state index in [0.29, 0.717) is 12.0 Å². The Morgan fingerprint density at radius 3 is 2.43 bits per heavy atom. The van der Waals surface area contributed by atoms with Gasteiger partial charge in [0.25, 0.3) is 0 Å². The molecule has 1 N–H and O–H groups in total. The van der Waals surface area contributed by atoms with Gasteiger partial charge in [0.15, 0.2) is 0 Å². The van der Waals surface area contributed by atoms with Gasteiger partial charge in [-0.1, -0.05) is 0 Å². The Kier molecular flexibility index (Phi) is 6.32. The smallest absolute Gasteiger partial charge is 0.410 e. The maximum atomic E-state index is 12.1. The largest absolute Gasteiger partial charge is 0.444 e. The molecule has 1 amide bonds. The highest BCUT2D eigenvalue weighted by atomic mass is 16.6. The van der Waals surface area contributed by atoms with Crippen molar-refractivity contribution >= 4 is 6.09 Å². The van der Waals surface area contributed by atoms with Crippen LogP contribution >= 0.6 is 0 Å². The lowest BCUT2D eigenvalue weighted by Gasteiger charge is -2.36. The van der Waals surface area contributed by atoms with Crippen LogP contribution in [0.4, 0.5) is 4.79 Å². The number of hydrogen-bond acceptors (Lipinski definition) is 4. The van der Waals surface area contributed by atoms with E-state index in [-0.39, 0.29) is 12.2 Å². The predicted molar refractivity (Wildman–Crippen MR) is 91.4 cm³/mol. The van der Waals surface area contributed by atoms with Gasteiger partial charge in [-0.15, -0.1) is 0 Å². The third-order valence-electron chi connectivity index (χ3n) is 4.87. The summed E-state index contributed by atoms with van der Waals surface area (Å²) in [5.41, 5.74) is -0.419. The lowest BCUT2D eigenvalue weighted by molar-refractivity contribution is 0.0163. The van der Waals surface area contributed by atoms with E-state index >= 15 is 0 Å². The molecule has 5 nitrogen and oxygen atoms in total. The molecule has 134 valence electrons. The Morgan fingerprint density at radius 1 is 1.22 bits per heavy atom. The van der Waals surface area contributed by atoms with Gasteiger partial charge in [0.1, 0.15) is 5.60 Å². The molecule has 2 heterocycles. The first-order valence-corrected chi connectivity index (χ1v) is 9.14. The molecule has 2 atom stereocenters. The average Bonchev–Trinajstić information content (AvgIpc) is 2.84. The second-order valence-electron chi connectivity index (χ2n) is 8.29. The van der Waals surface area contributed by atoms with Crippen LogP contribution in [-0.4, -0.2) is 64.9 Å². The first kappa shape index (κ1) is 18.5. The van der Waals surface area contributed by atoms with Gasteiger partial charge >= 0.3 is 6.09 Å². The molecule has 0 aliphatic carbocycles. The Bertz CT molecular complexity index is 384. The van der Waals surface area contributed by atoms with Gasteiger partial charge in [-0.2, -0.15) is 0 Å². The van der Waals surface area contributed by atoms with Crippen LogP contribution in [0.2, 0.25) is 0 Å². The molecule has 0 aromatic carbocycles. The molecule has 2 unspecified atom stereocenters. The van der Waals surface area contributed by atoms with Gasteiger partial charge in [0, 0.05) is 25.7 Å². The molecule has 2 aliphatic rings. The topological polar surface area (TPSA) is 53.0 Å². The Morgan fingerprint density at radius 2 is 1.87 bits per heavy atom. The number of likely N-dealkylation sites (tertiary alicyclic amines) is 2. The molecule has 0 aromatic heterocycles. The molecule has 0 spiro atoms. The van der Waals surface area contributed by atoms with E-state index in [1.807, 2.05) is 32.6 Å². The monoisotopic (exact) mass is 326 g/mol. The summed E-state index contributed by atoms with van der Waals surface area (Å²) in [6.45, 7) is 11.5. The third-order valence-corrected chi connectivity index (χ3v) is 4.87. The van der Waals surface area contributed by atoms with Crippen molar-refractivity contribution in [3.8, 4) is 0 Å². The molecule has 0 bridgehead atoms. The van der Waals surface area contributed by atoms with Crippen LogP contribution in [0.1, 0.15) is 59.8 Å². The van der Waals surface area contributed by atoms with Crippen molar-refractivity contribution in [2.24, 2.45) is 5.92 Å². The number of carbonyl (C=O) groups excluding carboxylic acids is 1. The normalized spacial score (nSPS) is 25.6. The molecule has 2 aliphatic heterocycles. The number of nitrogens with zero attached hydrogens (tertiary/aromatic N) is 2. The van der Waals surface area contributed by atoms with E-state index in [1.54, 1.807) is 0 Å². The zero-order valence-electron chi connectivity index (χ0n) is 15.3. The SMILES string of the molecule is CC(O)CC1CCCN1CC1CCN(C(=O)OC(C)(C)C)CC1. The highest BCUT2D eigenvalue weighted by Crippen LogP contribution is 2.26. The van der Waals surface area contributed by atoms with Crippen LogP contribution in [0.3, 0.4) is 0 Å². The average molecular weight is 326 g/mol. The molecule has 23 heavy (non-hydrogen) atoms. The van der Waals surface area contributed by atoms with E-state index in [9.17, 15) is 9.90 Å². The number of rotatable bonds is 4. The summed E-state index contributed by atoms with van der Waals surface area (Å²) in [4.78, 5) is 16.5. The molecular formula is C18H34N2O3. The summed E-state index contributed by atoms with van der Waals surface area (Å²) in [7, 11) is 0. The quantitative estimate of drug-likeness (QED) is 0.863. The Labute approximate surface area is 141 Å². The minimum atomic E-state index is -0.419. The van der Waals surface area contributed by atoms with Gasteiger partial charge in [0.05, 0.1) is 6.10 Å². The summed E-state index contributed by atoms with van der Waals surface area (Å²) in [6, 6.07) is 0.541. The van der Waals surface area contributed by atoms with Crippen LogP contribution in [0.5, 0.6) is 0 Å². The van der Waals surface area contributed by atoms with E-state index in [4.69, 9.17) is 4.74 Å². The molecular weight excluding hydrogens is 292 g/mol. The molecule has 2 fully saturated rings. The Balaban J connectivity index is 1.75. The standard InChI is InChI=1S/C18H34N2O3/c1-14(21)12-16-6-5-9-20(16)13-15-7-10-19(11-8-15)17(22)23-18(2,3)4/h14-16,21H,5-13H2,1-4H3. The fourth-order valence-corrected chi connectivity index (χ4v) is 3.75. The number of aliphatic hydroxyl groups excluding tert-OH is 1. The molecule has 2 saturated heterocycles. The summed E-state index contributed by atoms with van der Waals surface area (Å²) in [5, 5.41) is 9.64. The molecule has 2 rings (SSSR count). The first-order chi connectivity index (χ1) is 10.7. The zero-order chi connectivity index (χ0) is 17.0. The Hall–Kier alpha value is -0.810. The second kappa shape index (κ2) is 7.84. The van der Waals surface area contributed by atoms with Crippen molar-refractivity contribution in [2.45, 2.75) is 77.5 Å². The van der Waals surface area contributed by atoms with Crippen molar-refractivity contribution in [1.29, 1.82) is 0 Å². The van der Waals surface area contributed by atoms with Crippen LogP contribution in [-0.2, 0) is 4.74 Å². The van der Waals surface area contributed by atoms with Crippen LogP contribution in [0.15, 0.2) is 0 Å². The third kappa shape index (κ3) is 5.96. The molecule has 5 heteroatoms. The fourth-order valence-electron chi connectivity index (χ4n) is 3.75. The molecule has 0 aromatic rings. The van der Waals surface area contributed by atoms with Gasteiger partial charge in [-0.3, -0.25) is 0 Å². The van der Waals surface area contributed by atoms with Crippen molar-refractivity contribution in [3.63, 3.8) is 0 Å². The van der Waals surface area contributed by atoms with Crippen LogP contribution < -0.4 is 0 Å². The number of piperidine rings is 1. The summed E-state index contributed by atoms with van der Waals surface area (Å²) < 4.78 is 5.46. The van der Waals surface area contributed by atoms with Crippen molar-refractivity contribution in [1.82, 2.24) is 9.80 Å². The maximum absolute atomic E-state index is 12.1. The number of hydrogen-bond donors (Lipinski definition) is 1. The van der Waals surface area contributed by atoms with Gasteiger partial charge in [-0.25, -0.2) is 4.79 Å². The predicted octanol–water partition coefficient (Wildman–Crippen LogP) is 2.87. The van der Waals surface area contributed by atoms with Gasteiger partial charge in [-0.05, 0) is 72.3 Å². The van der Waals surface area contributed by atoms with E-state index in [2.05, 4.69) is 4.90 Å². The fraction of sp³-hybridized carbons (Fsp3) is 0.944. The lowest BCUT2D eigenvalue weighted by Crippen LogP contribution is -2.44. The number of amides is 1. The number of ether oxygens (including phenoxy) is 1. The zero-order valence-corrected chi connectivity index (χ0v) is 15.3. The molecule has 0 saturated carbocycles. The summed E-state index contributed by atoms with van der Waals surface area (Å²) in [6.07, 6.45) is 5.06. The second-order valence-corrected chi connectivity index (χ2v) is 8.29. The van der Waals surface area contributed by atoms with Gasteiger partial charge < -0.3 is 19.6 Å². The maximum Gasteiger partial charge on any atom is 0.410 e. The summed E-state index contributed by atoms with van der Waals surface area (Å²) in [5.74, 6) is 0.656. The van der Waals surface area contributed by atoms with Crippen molar-refractivity contribution in [2.75, 3.05) is 26.2 Å². The van der Waals surface area contributed by atoms with Crippen molar-refractivity contribution < 1.29 is 14.6 Å². The van der Waals surface area contributed by atoms with Crippen molar-refractivity contribution in [3.05, 3.63) is 0 Å². The number of aliphatic hydroxyl groups is 1. The minimum Gasteiger partial charge on any atom is -0.444 e. The van der Waals surface area contributed by atoms with E-state index < -0.39 is 5.60 Å². The number of carbonyl (C=O) groups is 1. The minimum absolute atomic E-state index is 0.177. The van der Waals surface area contributed by atoms with E-state index in [1.165, 1.54) is 12.8 Å². The first-order valence-electron chi connectivity index (χ1n) is 9.14. The summed E-state index contributed by atoms with van der Waals surface area (Å²) >= 11 is 0. The molecule has 0 radical (unpaired) electrons. The highest BCUT2D eigenvalue weighted by molar-refractivity contribution is 5.68. The lowest BCUT2D eigenvalue weighted by atomic mass is 9.95.